The molecule has 33 heavy (non-hydrogen) atoms. The Morgan fingerprint density at radius 3 is 2.55 bits per heavy atom. The molecule has 2 heterocycles. The van der Waals surface area contributed by atoms with Crippen LogP contribution in [0.4, 0.5) is 19.3 Å². The van der Waals surface area contributed by atoms with Gasteiger partial charge in [-0.05, 0) is 53.6 Å². The normalized spacial score (nSPS) is 11.8. The number of hydrogen-bond donors (Lipinski definition) is 3. The van der Waals surface area contributed by atoms with Crippen molar-refractivity contribution in [1.29, 1.82) is 0 Å². The highest BCUT2D eigenvalue weighted by molar-refractivity contribution is 5.99. The lowest BCUT2D eigenvalue weighted by molar-refractivity contribution is 0.0959. The van der Waals surface area contributed by atoms with Gasteiger partial charge in [-0.25, -0.2) is 13.6 Å². The predicted molar refractivity (Wildman–Crippen MR) is 121 cm³/mol. The number of pyridine rings is 1. The van der Waals surface area contributed by atoms with E-state index in [1.54, 1.807) is 62.9 Å². The number of aromatic amines is 1. The molecule has 0 aliphatic rings. The van der Waals surface area contributed by atoms with Gasteiger partial charge in [-0.2, -0.15) is 0 Å². The fraction of sp³-hybridized carbons (Fsp3) is 0.125. The fourth-order valence-electron chi connectivity index (χ4n) is 3.66. The zero-order chi connectivity index (χ0) is 23.5. The highest BCUT2D eigenvalue weighted by Gasteiger charge is 2.25. The van der Waals surface area contributed by atoms with E-state index in [2.05, 4.69) is 20.6 Å². The molecule has 0 radical (unpaired) electrons. The number of H-pyrrole nitrogens is 1. The highest BCUT2D eigenvalue weighted by Crippen LogP contribution is 2.29. The Labute approximate surface area is 188 Å². The van der Waals surface area contributed by atoms with Crippen LogP contribution in [0.3, 0.4) is 0 Å². The lowest BCUT2D eigenvalue weighted by Gasteiger charge is -2.29. The third-order valence-electron chi connectivity index (χ3n) is 5.31. The Hall–Kier alpha value is -4.27. The van der Waals surface area contributed by atoms with Crippen molar-refractivity contribution >= 4 is 28.5 Å². The van der Waals surface area contributed by atoms with Crippen LogP contribution < -0.4 is 10.6 Å². The van der Waals surface area contributed by atoms with Gasteiger partial charge < -0.3 is 20.5 Å². The molecule has 4 aromatic rings. The number of halogens is 2. The molecule has 0 spiro atoms. The third kappa shape index (κ3) is 4.52. The van der Waals surface area contributed by atoms with Gasteiger partial charge in [0.25, 0.3) is 5.91 Å². The molecule has 0 saturated heterocycles. The van der Waals surface area contributed by atoms with Crippen molar-refractivity contribution in [3.63, 3.8) is 0 Å². The Bertz CT molecular complexity index is 1320. The summed E-state index contributed by atoms with van der Waals surface area (Å²) in [6, 6.07) is 12.7. The third-order valence-corrected chi connectivity index (χ3v) is 5.31. The number of aromatic nitrogens is 2. The largest absolute Gasteiger partial charge is 0.354 e. The van der Waals surface area contributed by atoms with Gasteiger partial charge in [0.15, 0.2) is 11.6 Å². The summed E-state index contributed by atoms with van der Waals surface area (Å²) < 4.78 is 27.5. The molecule has 1 unspecified atom stereocenters. The van der Waals surface area contributed by atoms with Crippen molar-refractivity contribution in [2.24, 2.45) is 0 Å². The van der Waals surface area contributed by atoms with Crippen LogP contribution >= 0.6 is 0 Å². The monoisotopic (exact) mass is 449 g/mol. The van der Waals surface area contributed by atoms with Gasteiger partial charge in [-0.3, -0.25) is 9.78 Å². The summed E-state index contributed by atoms with van der Waals surface area (Å²) in [5, 5.41) is 6.12. The number of urea groups is 1. The van der Waals surface area contributed by atoms with Crippen LogP contribution in [-0.2, 0) is 0 Å². The molecule has 0 saturated carbocycles. The first-order valence-corrected chi connectivity index (χ1v) is 10.1. The molecule has 168 valence electrons. The van der Waals surface area contributed by atoms with Gasteiger partial charge >= 0.3 is 6.03 Å². The first-order chi connectivity index (χ1) is 15.9. The van der Waals surface area contributed by atoms with Crippen molar-refractivity contribution in [2.75, 3.05) is 19.4 Å². The van der Waals surface area contributed by atoms with E-state index < -0.39 is 23.7 Å². The lowest BCUT2D eigenvalue weighted by Crippen LogP contribution is -2.35. The molecule has 1 atom stereocenters. The summed E-state index contributed by atoms with van der Waals surface area (Å²) in [6.45, 7) is 0. The number of fused-ring (bicyclic) bond motifs is 1. The number of hydrogen-bond acceptors (Lipinski definition) is 3. The Morgan fingerprint density at radius 2 is 1.85 bits per heavy atom. The molecule has 3 amide bonds. The van der Waals surface area contributed by atoms with Crippen LogP contribution in [-0.4, -0.2) is 40.9 Å². The molecule has 0 aliphatic carbocycles. The molecule has 3 N–H and O–H groups in total. The summed E-state index contributed by atoms with van der Waals surface area (Å²) >= 11 is 0. The zero-order valence-corrected chi connectivity index (χ0v) is 17.9. The number of carbonyl (C=O) groups is 2. The molecule has 0 aliphatic heterocycles. The average molecular weight is 449 g/mol. The minimum Gasteiger partial charge on any atom is -0.354 e. The second kappa shape index (κ2) is 9.07. The van der Waals surface area contributed by atoms with E-state index in [1.807, 2.05) is 0 Å². The second-order valence-electron chi connectivity index (χ2n) is 7.47. The molecular formula is C24H21F2N5O2. The molecule has 7 nitrogen and oxygen atoms in total. The number of amides is 3. The number of carbonyl (C=O) groups excluding carboxylic acids is 2. The number of anilines is 1. The van der Waals surface area contributed by atoms with E-state index in [9.17, 15) is 18.4 Å². The van der Waals surface area contributed by atoms with Gasteiger partial charge in [0.05, 0.1) is 6.04 Å². The topological polar surface area (TPSA) is 90.1 Å². The van der Waals surface area contributed by atoms with Crippen LogP contribution in [0.15, 0.2) is 67.0 Å². The molecule has 2 aromatic heterocycles. The minimum absolute atomic E-state index is 0.248. The van der Waals surface area contributed by atoms with E-state index in [1.165, 1.54) is 11.0 Å². The smallest absolute Gasteiger partial charge is 0.322 e. The number of nitrogens with zero attached hydrogens (tertiary/aromatic N) is 2. The van der Waals surface area contributed by atoms with Crippen molar-refractivity contribution in [3.05, 3.63) is 95.4 Å². The number of nitrogens with one attached hydrogen (secondary N) is 3. The lowest BCUT2D eigenvalue weighted by atomic mass is 9.99. The maximum absolute atomic E-state index is 14.0. The Morgan fingerprint density at radius 1 is 1.03 bits per heavy atom. The Balaban J connectivity index is 1.62. The average Bonchev–Trinajstić information content (AvgIpc) is 3.25. The fourth-order valence-corrected chi connectivity index (χ4v) is 3.66. The summed E-state index contributed by atoms with van der Waals surface area (Å²) in [5.74, 6) is -2.21. The van der Waals surface area contributed by atoms with E-state index in [0.717, 1.165) is 23.0 Å². The summed E-state index contributed by atoms with van der Waals surface area (Å²) in [7, 11) is 3.10. The van der Waals surface area contributed by atoms with Crippen LogP contribution in [0.1, 0.15) is 27.7 Å². The van der Waals surface area contributed by atoms with Crippen LogP contribution in [0.25, 0.3) is 10.9 Å². The van der Waals surface area contributed by atoms with Gasteiger partial charge in [0.2, 0.25) is 0 Å². The first kappa shape index (κ1) is 21.9. The van der Waals surface area contributed by atoms with Gasteiger partial charge in [0.1, 0.15) is 5.69 Å². The van der Waals surface area contributed by atoms with Crippen LogP contribution in [0.2, 0.25) is 0 Å². The van der Waals surface area contributed by atoms with Gasteiger partial charge in [-0.1, -0.05) is 12.1 Å². The standard InChI is InChI=1S/C24H21F2N5O2/c1-27-23(32)21-12-16-10-17(6-8-20(16)30-21)29-24(33)31(2)22(15-4-3-9-28-13-15)14-5-7-18(25)19(26)11-14/h3-13,22,30H,1-2H3,(H,27,32)(H,29,33). The van der Waals surface area contributed by atoms with Gasteiger partial charge in [0, 0.05) is 43.1 Å². The summed E-state index contributed by atoms with van der Waals surface area (Å²) in [4.78, 5) is 33.4. The van der Waals surface area contributed by atoms with E-state index in [4.69, 9.17) is 0 Å². The molecule has 2 aromatic carbocycles. The minimum atomic E-state index is -1.000. The quantitative estimate of drug-likeness (QED) is 0.420. The first-order valence-electron chi connectivity index (χ1n) is 10.1. The van der Waals surface area contributed by atoms with Gasteiger partial charge in [-0.15, -0.1) is 0 Å². The SMILES string of the molecule is CNC(=O)c1cc2cc(NC(=O)N(C)C(c3cccnc3)c3ccc(F)c(F)c3)ccc2[nH]1. The molecule has 0 fully saturated rings. The van der Waals surface area contributed by atoms with E-state index in [0.29, 0.717) is 22.5 Å². The molecule has 9 heteroatoms. The number of benzene rings is 2. The second-order valence-corrected chi connectivity index (χ2v) is 7.47. The molecule has 4 rings (SSSR count). The van der Waals surface area contributed by atoms with Crippen LogP contribution in [0.5, 0.6) is 0 Å². The van der Waals surface area contributed by atoms with Crippen molar-refractivity contribution < 1.29 is 18.4 Å². The van der Waals surface area contributed by atoms with E-state index in [-0.39, 0.29) is 5.91 Å². The number of rotatable bonds is 5. The highest BCUT2D eigenvalue weighted by atomic mass is 19.2. The maximum atomic E-state index is 14.0. The summed E-state index contributed by atoms with van der Waals surface area (Å²) in [5.41, 5.74) is 2.70. The van der Waals surface area contributed by atoms with Crippen molar-refractivity contribution in [2.45, 2.75) is 6.04 Å². The van der Waals surface area contributed by atoms with Crippen LogP contribution in [0, 0.1) is 11.6 Å². The predicted octanol–water partition coefficient (Wildman–Crippen LogP) is 4.45. The zero-order valence-electron chi connectivity index (χ0n) is 17.9. The van der Waals surface area contributed by atoms with Crippen molar-refractivity contribution in [3.8, 4) is 0 Å². The van der Waals surface area contributed by atoms with E-state index >= 15 is 0 Å². The van der Waals surface area contributed by atoms with Crippen molar-refractivity contribution in [1.82, 2.24) is 20.2 Å². The molecular weight excluding hydrogens is 428 g/mol. The maximum Gasteiger partial charge on any atom is 0.322 e. The Kier molecular flexibility index (Phi) is 6.03. The molecule has 0 bridgehead atoms. The summed E-state index contributed by atoms with van der Waals surface area (Å²) in [6.07, 6.45) is 3.16.